The zero-order valence-corrected chi connectivity index (χ0v) is 38.1. The van der Waals surface area contributed by atoms with Gasteiger partial charge in [-0.15, -0.1) is 0 Å². The van der Waals surface area contributed by atoms with Crippen LogP contribution in [0, 0.1) is 0 Å². The van der Waals surface area contributed by atoms with Crippen LogP contribution in [0.5, 0.6) is 0 Å². The average Bonchev–Trinajstić information content (AvgIpc) is 4.18. The minimum absolute atomic E-state index is 1.00. The molecule has 0 bridgehead atoms. The van der Waals surface area contributed by atoms with Gasteiger partial charge >= 0.3 is 24.8 Å². The Bertz CT molecular complexity index is 4060. The SMILES string of the molecule is Brc1cc2c3ccccc3n3c4ccccc4c(c1)c23.Brc1ccc2c(c1)c1cccc3c4ccccc4n2c31.[2H]CF.[B]=NS.c1ccc2c(c1)c1cccc3c4ccccc4n2c13. The summed E-state index contributed by atoms with van der Waals surface area (Å²) in [6.45, 7) is 0. The molecule has 0 unspecified atom stereocenters. The van der Waals surface area contributed by atoms with Gasteiger partial charge in [-0.2, -0.15) is 0 Å². The second kappa shape index (κ2) is 16.2. The van der Waals surface area contributed by atoms with E-state index in [2.05, 4.69) is 258 Å². The number of fused-ring (bicyclic) bond motifs is 18. The third-order valence-corrected chi connectivity index (χ3v) is 13.4. The molecule has 305 valence electrons. The molecule has 0 saturated heterocycles. The predicted molar refractivity (Wildman–Crippen MR) is 283 cm³/mol. The molecule has 0 amide bonds. The van der Waals surface area contributed by atoms with Crippen LogP contribution in [0.3, 0.4) is 0 Å². The van der Waals surface area contributed by atoms with Crippen molar-refractivity contribution in [3.63, 3.8) is 0 Å². The van der Waals surface area contributed by atoms with E-state index in [0.717, 1.165) is 8.95 Å². The van der Waals surface area contributed by atoms with Crippen molar-refractivity contribution in [2.45, 2.75) is 0 Å². The number of hydrogen-bond donors (Lipinski definition) is 1. The number of benzene rings is 9. The van der Waals surface area contributed by atoms with Crippen molar-refractivity contribution in [1.29, 1.82) is 0 Å². The zero-order valence-electron chi connectivity index (χ0n) is 35.1. The van der Waals surface area contributed by atoms with Gasteiger partial charge in [0, 0.05) is 73.6 Å². The molecule has 6 heterocycles. The molecule has 0 aliphatic heterocycles. The average molecular weight is 975 g/mol. The molecular formula is C55H35BBr2FN4S. The fourth-order valence-electron chi connectivity index (χ4n) is 10.2. The Morgan fingerprint density at radius 3 is 1.00 bits per heavy atom. The van der Waals surface area contributed by atoms with Gasteiger partial charge in [0.05, 0.1) is 58.2 Å². The van der Waals surface area contributed by atoms with E-state index in [-0.39, 0.29) is 0 Å². The summed E-state index contributed by atoms with van der Waals surface area (Å²) in [6.07, 6.45) is 0. The minimum Gasteiger partial charge on any atom is -0.308 e. The Labute approximate surface area is 391 Å². The molecule has 0 aliphatic rings. The Kier molecular flexibility index (Phi) is 9.92. The maximum Gasteiger partial charge on any atom is 0.0620 e. The number of halogens is 3. The summed E-state index contributed by atoms with van der Waals surface area (Å²) in [7, 11) is 3.34. The molecule has 9 aromatic carbocycles. The third-order valence-electron chi connectivity index (χ3n) is 12.5. The van der Waals surface area contributed by atoms with Gasteiger partial charge in [-0.3, -0.25) is 4.39 Å². The van der Waals surface area contributed by atoms with Crippen LogP contribution in [0.15, 0.2) is 201 Å². The van der Waals surface area contributed by atoms with E-state index in [1.54, 1.807) is 0 Å². The summed E-state index contributed by atoms with van der Waals surface area (Å²) in [4.78, 5) is 0. The van der Waals surface area contributed by atoms with Crippen LogP contribution in [-0.4, -0.2) is 28.0 Å². The number of thiol groups is 1. The molecule has 0 atom stereocenters. The molecule has 15 rings (SSSR count). The van der Waals surface area contributed by atoms with Gasteiger partial charge in [0.25, 0.3) is 0 Å². The summed E-state index contributed by atoms with van der Waals surface area (Å²) >= 11 is 10.4. The normalized spacial score (nSPS) is 11.8. The van der Waals surface area contributed by atoms with E-state index in [4.69, 9.17) is 1.37 Å². The number of alkyl halides is 1. The van der Waals surface area contributed by atoms with Gasteiger partial charge in [0.15, 0.2) is 0 Å². The summed E-state index contributed by atoms with van der Waals surface area (Å²) in [5.41, 5.74) is 11.8. The largest absolute Gasteiger partial charge is 0.308 e. The molecular weight excluding hydrogens is 938 g/mol. The van der Waals surface area contributed by atoms with E-state index in [1.165, 1.54) is 114 Å². The number of hydrogen-bond acceptors (Lipinski definition) is 2. The van der Waals surface area contributed by atoms with E-state index in [0.29, 0.717) is 0 Å². The Morgan fingerprint density at radius 2 is 0.641 bits per heavy atom. The van der Waals surface area contributed by atoms with Crippen molar-refractivity contribution in [3.05, 3.63) is 197 Å². The van der Waals surface area contributed by atoms with Crippen molar-refractivity contribution in [2.24, 2.45) is 4.30 Å². The van der Waals surface area contributed by atoms with E-state index < -0.39 is 7.15 Å². The number of nitrogens with zero attached hydrogens (tertiary/aromatic N) is 4. The van der Waals surface area contributed by atoms with Crippen LogP contribution in [0.25, 0.3) is 114 Å². The van der Waals surface area contributed by atoms with Crippen LogP contribution >= 0.6 is 44.7 Å². The van der Waals surface area contributed by atoms with E-state index >= 15 is 0 Å². The second-order valence-electron chi connectivity index (χ2n) is 15.6. The van der Waals surface area contributed by atoms with Crippen molar-refractivity contribution in [3.8, 4) is 0 Å². The maximum absolute atomic E-state index is 9.96. The van der Waals surface area contributed by atoms with E-state index in [9.17, 15) is 4.39 Å². The van der Waals surface area contributed by atoms with Crippen LogP contribution in [0.4, 0.5) is 4.39 Å². The Morgan fingerprint density at radius 1 is 0.391 bits per heavy atom. The van der Waals surface area contributed by atoms with E-state index in [1.807, 2.05) is 0 Å². The first-order chi connectivity index (χ1) is 32.0. The van der Waals surface area contributed by atoms with Crippen LogP contribution in [0.2, 0.25) is 0 Å². The Hall–Kier alpha value is -6.52. The first-order valence-corrected chi connectivity index (χ1v) is 22.6. The monoisotopic (exact) mass is 972 g/mol. The smallest absolute Gasteiger partial charge is 0.0620 e. The fourth-order valence-corrected chi connectivity index (χ4v) is 11.0. The predicted octanol–water partition coefficient (Wildman–Crippen LogP) is 16.8. The molecule has 0 N–H and O–H groups in total. The zero-order chi connectivity index (χ0) is 44.3. The molecule has 0 saturated carbocycles. The third kappa shape index (κ3) is 6.01. The second-order valence-corrected chi connectivity index (χ2v) is 17.7. The molecule has 64 heavy (non-hydrogen) atoms. The van der Waals surface area contributed by atoms with Crippen molar-refractivity contribution < 1.29 is 5.76 Å². The van der Waals surface area contributed by atoms with Crippen molar-refractivity contribution in [1.82, 2.24) is 13.2 Å². The Balaban J connectivity index is 0.000000102. The summed E-state index contributed by atoms with van der Waals surface area (Å²) in [6, 6.07) is 67.4. The molecule has 4 nitrogen and oxygen atoms in total. The van der Waals surface area contributed by atoms with Gasteiger partial charge in [-0.05, 0) is 60.7 Å². The molecule has 0 fully saturated rings. The summed E-state index contributed by atoms with van der Waals surface area (Å²) in [5, 5.41) is 16.0. The standard InChI is InChI=1S/2C18H10BrN.C18H11N.CH3F.BHNS/c19-11-9-14-12-5-1-3-7-16(12)20-17-8-4-2-6-13(17)15(10-11)18(14)20;19-11-8-9-17-15(10-11)14-6-3-5-13-12-4-1-2-7-16(12)20(17)18(13)14;1-3-10-16-12(6-1)14-8-5-9-15-13-7-2-4-11-17(13)19(16)18(14)15;1-2;1-2-3/h2*1-10H;1-11H;1H3;3H/i;;;1D;. The van der Waals surface area contributed by atoms with Crippen molar-refractivity contribution in [2.75, 3.05) is 7.15 Å². The molecule has 0 spiro atoms. The number of para-hydroxylation sites is 7. The topological polar surface area (TPSA) is 25.6 Å². The first kappa shape index (κ1) is 39.1. The van der Waals surface area contributed by atoms with Crippen LogP contribution in [-0.2, 0) is 0 Å². The van der Waals surface area contributed by atoms with Gasteiger partial charge < -0.3 is 13.2 Å². The number of rotatable bonds is 0. The molecule has 9 heteroatoms. The molecule has 0 aliphatic carbocycles. The summed E-state index contributed by atoms with van der Waals surface area (Å²) < 4.78 is 27.6. The van der Waals surface area contributed by atoms with Gasteiger partial charge in [-0.25, -0.2) is 0 Å². The quantitative estimate of drug-likeness (QED) is 0.116. The maximum atomic E-state index is 9.96. The van der Waals surface area contributed by atoms with Gasteiger partial charge in [-0.1, -0.05) is 159 Å². The molecule has 6 aromatic heterocycles. The van der Waals surface area contributed by atoms with Gasteiger partial charge in [0.2, 0.25) is 0 Å². The summed E-state index contributed by atoms with van der Waals surface area (Å²) in [5.74, 6) is 0. The first-order valence-electron chi connectivity index (χ1n) is 21.3. The molecule has 1 radical (unpaired) electrons. The molecule has 15 aromatic rings. The number of aromatic nitrogens is 3. The fraction of sp³-hybridized carbons (Fsp3) is 0.0182. The van der Waals surface area contributed by atoms with Gasteiger partial charge in [0.1, 0.15) is 0 Å². The van der Waals surface area contributed by atoms with Crippen LogP contribution < -0.4 is 0 Å². The minimum atomic E-state index is -1.00. The van der Waals surface area contributed by atoms with Crippen LogP contribution in [0.1, 0.15) is 1.37 Å². The van der Waals surface area contributed by atoms with Crippen molar-refractivity contribution >= 4 is 167 Å².